The average Bonchev–Trinajstić information content (AvgIpc) is 2.30. The van der Waals surface area contributed by atoms with Crippen molar-refractivity contribution in [2.45, 2.75) is 18.6 Å². The molecule has 2 atom stereocenters. The van der Waals surface area contributed by atoms with Gasteiger partial charge in [0.1, 0.15) is 0 Å². The van der Waals surface area contributed by atoms with Crippen LogP contribution >= 0.6 is 0 Å². The first-order chi connectivity index (χ1) is 5.47. The monoisotopic (exact) mass is 194 g/mol. The van der Waals surface area contributed by atoms with E-state index in [-0.39, 0.29) is 12.1 Å². The van der Waals surface area contributed by atoms with Crippen molar-refractivity contribution < 1.29 is 13.5 Å². The van der Waals surface area contributed by atoms with E-state index in [2.05, 4.69) is 10.0 Å². The number of nitrogens with one attached hydrogen (secondary N) is 2. The quantitative estimate of drug-likeness (QED) is 0.498. The van der Waals surface area contributed by atoms with Crippen LogP contribution in [0.25, 0.3) is 0 Å². The summed E-state index contributed by atoms with van der Waals surface area (Å²) in [5.74, 6) is 0. The molecule has 12 heavy (non-hydrogen) atoms. The largest absolute Gasteiger partial charge is 0.392 e. The molecule has 0 aromatic rings. The van der Waals surface area contributed by atoms with Crippen molar-refractivity contribution in [2.24, 2.45) is 0 Å². The van der Waals surface area contributed by atoms with Gasteiger partial charge in [-0.2, -0.15) is 0 Å². The molecule has 3 N–H and O–H groups in total. The molecule has 0 spiro atoms. The van der Waals surface area contributed by atoms with Crippen LogP contribution in [0.1, 0.15) is 6.42 Å². The molecule has 2 unspecified atom stereocenters. The number of aliphatic hydroxyl groups excluding tert-OH is 1. The highest BCUT2D eigenvalue weighted by molar-refractivity contribution is 7.88. The summed E-state index contributed by atoms with van der Waals surface area (Å²) < 4.78 is 23.7. The van der Waals surface area contributed by atoms with E-state index in [1.54, 1.807) is 0 Å². The number of sulfonamides is 1. The molecule has 72 valence electrons. The number of β-amino-alcohol motifs (C(OH)–C–C–N with tert-alkyl or cyclic N) is 1. The van der Waals surface area contributed by atoms with Gasteiger partial charge in [0.2, 0.25) is 10.0 Å². The van der Waals surface area contributed by atoms with Crippen LogP contribution in [-0.2, 0) is 10.0 Å². The second kappa shape index (κ2) is 3.69. The van der Waals surface area contributed by atoms with Gasteiger partial charge in [-0.25, -0.2) is 13.1 Å². The molecular weight excluding hydrogens is 180 g/mol. The van der Waals surface area contributed by atoms with Gasteiger partial charge < -0.3 is 10.4 Å². The van der Waals surface area contributed by atoms with Gasteiger partial charge in [-0.3, -0.25) is 0 Å². The molecule has 0 bridgehead atoms. The number of aliphatic hydroxyl groups is 1. The van der Waals surface area contributed by atoms with E-state index in [1.807, 2.05) is 0 Å². The smallest absolute Gasteiger partial charge is 0.208 e. The highest BCUT2D eigenvalue weighted by Crippen LogP contribution is 2.04. The lowest BCUT2D eigenvalue weighted by molar-refractivity contribution is 0.193. The van der Waals surface area contributed by atoms with E-state index in [1.165, 1.54) is 0 Å². The number of rotatable bonds is 3. The molecule has 0 aliphatic carbocycles. The highest BCUT2D eigenvalue weighted by Gasteiger charge is 2.22. The predicted octanol–water partition coefficient (Wildman–Crippen LogP) is -1.74. The summed E-state index contributed by atoms with van der Waals surface area (Å²) >= 11 is 0. The summed E-state index contributed by atoms with van der Waals surface area (Å²) in [4.78, 5) is 0. The standard InChI is InChI=1S/C6H14N2O3S/c1-12(10,11)8-3-5-2-6(9)4-7-5/h5-9H,2-4H2,1H3. The molecule has 0 saturated carbocycles. The summed E-state index contributed by atoms with van der Waals surface area (Å²) in [6, 6.07) is 0.0646. The molecule has 1 fully saturated rings. The Morgan fingerprint density at radius 1 is 1.67 bits per heavy atom. The van der Waals surface area contributed by atoms with Gasteiger partial charge in [-0.05, 0) is 6.42 Å². The average molecular weight is 194 g/mol. The lowest BCUT2D eigenvalue weighted by atomic mass is 10.2. The Hall–Kier alpha value is -0.170. The van der Waals surface area contributed by atoms with E-state index in [4.69, 9.17) is 5.11 Å². The maximum absolute atomic E-state index is 10.7. The predicted molar refractivity (Wildman–Crippen MR) is 45.3 cm³/mol. The molecule has 0 aromatic carbocycles. The molecular formula is C6H14N2O3S. The van der Waals surface area contributed by atoms with Crippen molar-refractivity contribution >= 4 is 10.0 Å². The second-order valence-electron chi connectivity index (χ2n) is 3.12. The first-order valence-electron chi connectivity index (χ1n) is 3.83. The number of hydrogen-bond acceptors (Lipinski definition) is 4. The third-order valence-corrected chi connectivity index (χ3v) is 2.48. The molecule has 1 aliphatic heterocycles. The zero-order valence-electron chi connectivity index (χ0n) is 6.95. The molecule has 1 heterocycles. The fraction of sp³-hybridized carbons (Fsp3) is 1.00. The van der Waals surface area contributed by atoms with Gasteiger partial charge in [-0.1, -0.05) is 0 Å². The van der Waals surface area contributed by atoms with Crippen molar-refractivity contribution in [3.63, 3.8) is 0 Å². The van der Waals surface area contributed by atoms with Crippen molar-refractivity contribution in [2.75, 3.05) is 19.3 Å². The molecule has 0 radical (unpaired) electrons. The third-order valence-electron chi connectivity index (χ3n) is 1.79. The van der Waals surface area contributed by atoms with Crippen molar-refractivity contribution in [3.8, 4) is 0 Å². The Morgan fingerprint density at radius 3 is 2.75 bits per heavy atom. The van der Waals surface area contributed by atoms with Crippen LogP contribution in [0.5, 0.6) is 0 Å². The maximum atomic E-state index is 10.7. The van der Waals surface area contributed by atoms with Gasteiger partial charge in [0.15, 0.2) is 0 Å². The minimum atomic E-state index is -3.10. The van der Waals surface area contributed by atoms with Crippen molar-refractivity contribution in [3.05, 3.63) is 0 Å². The fourth-order valence-electron chi connectivity index (χ4n) is 1.21. The zero-order chi connectivity index (χ0) is 9.19. The summed E-state index contributed by atoms with van der Waals surface area (Å²) in [6.07, 6.45) is 1.40. The summed E-state index contributed by atoms with van der Waals surface area (Å²) in [5.41, 5.74) is 0. The molecule has 6 heteroatoms. The SMILES string of the molecule is CS(=O)(=O)NCC1CC(O)CN1. The lowest BCUT2D eigenvalue weighted by Gasteiger charge is -2.09. The van der Waals surface area contributed by atoms with E-state index < -0.39 is 10.0 Å². The highest BCUT2D eigenvalue weighted by atomic mass is 32.2. The molecule has 1 saturated heterocycles. The molecule has 1 rings (SSSR count). The van der Waals surface area contributed by atoms with E-state index in [0.717, 1.165) is 6.26 Å². The van der Waals surface area contributed by atoms with Gasteiger partial charge in [0, 0.05) is 19.1 Å². The Bertz CT molecular complexity index is 239. The number of hydrogen-bond donors (Lipinski definition) is 3. The third kappa shape index (κ3) is 3.48. The Labute approximate surface area is 72.2 Å². The Kier molecular flexibility index (Phi) is 3.05. The fourth-order valence-corrected chi connectivity index (χ4v) is 1.71. The molecule has 0 aromatic heterocycles. The van der Waals surface area contributed by atoms with Crippen LogP contribution in [0.2, 0.25) is 0 Å². The maximum Gasteiger partial charge on any atom is 0.208 e. The van der Waals surface area contributed by atoms with Crippen LogP contribution in [0.15, 0.2) is 0 Å². The first kappa shape index (κ1) is 9.91. The Morgan fingerprint density at radius 2 is 2.33 bits per heavy atom. The summed E-state index contributed by atoms with van der Waals surface area (Å²) in [5, 5.41) is 12.1. The molecule has 0 amide bonds. The van der Waals surface area contributed by atoms with Gasteiger partial charge in [0.25, 0.3) is 0 Å². The van der Waals surface area contributed by atoms with Crippen molar-refractivity contribution in [1.82, 2.24) is 10.0 Å². The van der Waals surface area contributed by atoms with Crippen LogP contribution in [-0.4, -0.2) is 45.0 Å². The van der Waals surface area contributed by atoms with E-state index in [9.17, 15) is 8.42 Å². The van der Waals surface area contributed by atoms with Gasteiger partial charge >= 0.3 is 0 Å². The van der Waals surface area contributed by atoms with Gasteiger partial charge in [0.05, 0.1) is 12.4 Å². The van der Waals surface area contributed by atoms with Crippen LogP contribution in [0, 0.1) is 0 Å². The van der Waals surface area contributed by atoms with Crippen molar-refractivity contribution in [1.29, 1.82) is 0 Å². The normalized spacial score (nSPS) is 30.8. The Balaban J connectivity index is 2.25. The molecule has 5 nitrogen and oxygen atoms in total. The minimum Gasteiger partial charge on any atom is -0.392 e. The van der Waals surface area contributed by atoms with E-state index >= 15 is 0 Å². The topological polar surface area (TPSA) is 78.4 Å². The zero-order valence-corrected chi connectivity index (χ0v) is 7.76. The molecule has 1 aliphatic rings. The summed E-state index contributed by atoms with van der Waals surface area (Å²) in [7, 11) is -3.10. The summed E-state index contributed by atoms with van der Waals surface area (Å²) in [6.45, 7) is 0.909. The van der Waals surface area contributed by atoms with Crippen LogP contribution < -0.4 is 10.0 Å². The second-order valence-corrected chi connectivity index (χ2v) is 4.95. The first-order valence-corrected chi connectivity index (χ1v) is 5.72. The van der Waals surface area contributed by atoms with Crippen LogP contribution in [0.3, 0.4) is 0 Å². The minimum absolute atomic E-state index is 0.0646. The van der Waals surface area contributed by atoms with E-state index in [0.29, 0.717) is 19.5 Å². The lowest BCUT2D eigenvalue weighted by Crippen LogP contribution is -2.36. The van der Waals surface area contributed by atoms with Gasteiger partial charge in [-0.15, -0.1) is 0 Å². The van der Waals surface area contributed by atoms with Crippen LogP contribution in [0.4, 0.5) is 0 Å².